The van der Waals surface area contributed by atoms with E-state index < -0.39 is 24.6 Å². The summed E-state index contributed by atoms with van der Waals surface area (Å²) in [6, 6.07) is 25.9. The number of rotatable bonds is 11. The monoisotopic (exact) mass is 573 g/mol. The minimum absolute atomic E-state index is 0.0275. The Morgan fingerprint density at radius 2 is 1.40 bits per heavy atom. The summed E-state index contributed by atoms with van der Waals surface area (Å²) >= 11 is 0. The van der Waals surface area contributed by atoms with Gasteiger partial charge in [0, 0.05) is 23.4 Å². The summed E-state index contributed by atoms with van der Waals surface area (Å²) in [5.41, 5.74) is 5.83. The van der Waals surface area contributed by atoms with Crippen LogP contribution in [0, 0.1) is 12.7 Å². The van der Waals surface area contributed by atoms with Crippen LogP contribution in [0.15, 0.2) is 84.9 Å². The number of ketones is 1. The Morgan fingerprint density at radius 3 is 1.88 bits per heavy atom. The molecule has 6 nitrogen and oxygen atoms in total. The molecule has 42 heavy (non-hydrogen) atoms. The van der Waals surface area contributed by atoms with Crippen LogP contribution in [0.5, 0.6) is 0 Å². The zero-order valence-corrected chi connectivity index (χ0v) is 24.6. The smallest absolute Gasteiger partial charge is 0.305 e. The fourth-order valence-electron chi connectivity index (χ4n) is 5.15. The lowest BCUT2D eigenvalue weighted by Gasteiger charge is -2.20. The Labute approximate surface area is 247 Å². The van der Waals surface area contributed by atoms with E-state index in [4.69, 9.17) is 5.11 Å². The van der Waals surface area contributed by atoms with Crippen LogP contribution < -0.4 is 0 Å². The van der Waals surface area contributed by atoms with Crippen LogP contribution >= 0.6 is 0 Å². The third kappa shape index (κ3) is 8.71. The maximum Gasteiger partial charge on any atom is 0.305 e. The summed E-state index contributed by atoms with van der Waals surface area (Å²) in [7, 11) is 0. The Balaban J connectivity index is 0.000000603. The largest absolute Gasteiger partial charge is 0.481 e. The minimum atomic E-state index is -1.15. The normalized spacial score (nSPS) is 12.4. The number of aromatic nitrogens is 1. The molecule has 4 aromatic rings. The number of carboxylic acid groups (broad SMARTS) is 1. The molecule has 0 bridgehead atoms. The summed E-state index contributed by atoms with van der Waals surface area (Å²) in [6.07, 6.45) is -2.35. The highest BCUT2D eigenvalue weighted by Crippen LogP contribution is 2.42. The molecule has 0 aliphatic heterocycles. The SMILES string of the molecule is CC(=O)c1c(-c2ccccc2)c(-c2ccc(F)cc2)n(CCC(O)CC(O)CC(=O)O)c1C(C)C.Cc1ccccc1. The highest BCUT2D eigenvalue weighted by atomic mass is 19.1. The van der Waals surface area contributed by atoms with Gasteiger partial charge in [-0.25, -0.2) is 4.39 Å². The van der Waals surface area contributed by atoms with E-state index in [0.29, 0.717) is 12.1 Å². The number of carboxylic acids is 1. The lowest BCUT2D eigenvalue weighted by atomic mass is 9.93. The number of carbonyl (C=O) groups is 2. The highest BCUT2D eigenvalue weighted by molar-refractivity contribution is 6.06. The topological polar surface area (TPSA) is 99.8 Å². The lowest BCUT2D eigenvalue weighted by molar-refractivity contribution is -0.139. The fraction of sp³-hybridized carbons (Fsp3) is 0.314. The van der Waals surface area contributed by atoms with Crippen LogP contribution in [0.1, 0.15) is 67.6 Å². The molecule has 2 unspecified atom stereocenters. The quantitative estimate of drug-likeness (QED) is 0.164. The number of nitrogens with zero attached hydrogens (tertiary/aromatic N) is 1. The molecule has 0 saturated heterocycles. The van der Waals surface area contributed by atoms with Crippen LogP contribution in [0.4, 0.5) is 4.39 Å². The third-order valence-corrected chi connectivity index (χ3v) is 6.96. The van der Waals surface area contributed by atoms with Crippen LogP contribution in [-0.4, -0.2) is 43.8 Å². The molecule has 0 fully saturated rings. The van der Waals surface area contributed by atoms with Crippen molar-refractivity contribution in [3.63, 3.8) is 0 Å². The van der Waals surface area contributed by atoms with Gasteiger partial charge in [0.25, 0.3) is 0 Å². The molecule has 3 N–H and O–H groups in total. The van der Waals surface area contributed by atoms with Gasteiger partial charge in [-0.3, -0.25) is 9.59 Å². The standard InChI is InChI=1S/C28H32FNO5.C7H8/c1-17(2)27-25(18(3)31)26(19-7-5-4-6-8-19)28(20-9-11-21(29)12-10-20)30(27)14-13-22(32)15-23(33)16-24(34)35;1-7-5-3-2-4-6-7/h4-12,17,22-23,32-33H,13-16H2,1-3H3,(H,34,35);2-6H,1H3. The van der Waals surface area contributed by atoms with Gasteiger partial charge in [-0.1, -0.05) is 80.1 Å². The number of Topliss-reactive ketones (excluding diaryl/α,β-unsaturated/α-hetero) is 1. The number of aliphatic hydroxyl groups is 2. The summed E-state index contributed by atoms with van der Waals surface area (Å²) in [5, 5.41) is 29.3. The molecule has 1 heterocycles. The Morgan fingerprint density at radius 1 is 0.833 bits per heavy atom. The maximum atomic E-state index is 13.8. The summed E-state index contributed by atoms with van der Waals surface area (Å²) < 4.78 is 15.8. The van der Waals surface area contributed by atoms with Crippen LogP contribution in [0.2, 0.25) is 0 Å². The molecule has 0 amide bonds. The molecule has 222 valence electrons. The van der Waals surface area contributed by atoms with Crippen molar-refractivity contribution in [2.75, 3.05) is 0 Å². The first kappa shape index (κ1) is 32.4. The van der Waals surface area contributed by atoms with Gasteiger partial charge in [-0.2, -0.15) is 0 Å². The average Bonchev–Trinajstić information content (AvgIpc) is 3.29. The molecule has 4 rings (SSSR count). The Bertz CT molecular complexity index is 1450. The number of halogens is 1. The summed E-state index contributed by atoms with van der Waals surface area (Å²) in [5.74, 6) is -1.62. The van der Waals surface area contributed by atoms with Crippen molar-refractivity contribution in [3.8, 4) is 22.4 Å². The van der Waals surface area contributed by atoms with Crippen molar-refractivity contribution < 1.29 is 29.3 Å². The number of aliphatic hydroxyl groups excluding tert-OH is 2. The van der Waals surface area contributed by atoms with Gasteiger partial charge in [0.1, 0.15) is 5.82 Å². The van der Waals surface area contributed by atoms with E-state index in [2.05, 4.69) is 19.1 Å². The molecule has 0 spiro atoms. The molecule has 0 aliphatic rings. The molecule has 1 aromatic heterocycles. The van der Waals surface area contributed by atoms with E-state index in [0.717, 1.165) is 28.1 Å². The number of hydrogen-bond acceptors (Lipinski definition) is 4. The summed E-state index contributed by atoms with van der Waals surface area (Å²) in [6.45, 7) is 7.93. The van der Waals surface area contributed by atoms with Gasteiger partial charge < -0.3 is 19.9 Å². The van der Waals surface area contributed by atoms with E-state index in [-0.39, 0.29) is 30.4 Å². The van der Waals surface area contributed by atoms with E-state index in [9.17, 15) is 24.2 Å². The second-order valence-corrected chi connectivity index (χ2v) is 10.8. The molecule has 2 atom stereocenters. The first-order chi connectivity index (χ1) is 20.0. The second-order valence-electron chi connectivity index (χ2n) is 10.8. The van der Waals surface area contributed by atoms with E-state index in [1.807, 2.05) is 66.9 Å². The number of aliphatic carboxylic acids is 1. The molecule has 0 aliphatic carbocycles. The van der Waals surface area contributed by atoms with Crippen LogP contribution in [0.25, 0.3) is 22.4 Å². The molecule has 0 saturated carbocycles. The van der Waals surface area contributed by atoms with Gasteiger partial charge in [0.2, 0.25) is 0 Å². The molecule has 0 radical (unpaired) electrons. The number of hydrogen-bond donors (Lipinski definition) is 3. The molecular formula is C35H40FNO5. The van der Waals surface area contributed by atoms with Gasteiger partial charge >= 0.3 is 5.97 Å². The molecule has 7 heteroatoms. The van der Waals surface area contributed by atoms with Crippen molar-refractivity contribution in [2.45, 2.75) is 71.6 Å². The van der Waals surface area contributed by atoms with Crippen molar-refractivity contribution in [1.29, 1.82) is 0 Å². The third-order valence-electron chi connectivity index (χ3n) is 6.96. The van der Waals surface area contributed by atoms with E-state index in [1.54, 1.807) is 12.1 Å². The second kappa shape index (κ2) is 15.2. The minimum Gasteiger partial charge on any atom is -0.481 e. The lowest BCUT2D eigenvalue weighted by Crippen LogP contribution is -2.22. The predicted molar refractivity (Wildman–Crippen MR) is 164 cm³/mol. The first-order valence-corrected chi connectivity index (χ1v) is 14.2. The number of aryl methyl sites for hydroxylation is 1. The molecular weight excluding hydrogens is 533 g/mol. The highest BCUT2D eigenvalue weighted by Gasteiger charge is 2.29. The Hall–Kier alpha value is -4.07. The molecule has 3 aromatic carbocycles. The van der Waals surface area contributed by atoms with E-state index >= 15 is 0 Å². The van der Waals surface area contributed by atoms with Gasteiger partial charge in [0.05, 0.1) is 24.3 Å². The predicted octanol–water partition coefficient (Wildman–Crippen LogP) is 7.26. The average molecular weight is 574 g/mol. The van der Waals surface area contributed by atoms with Gasteiger partial charge in [-0.15, -0.1) is 0 Å². The van der Waals surface area contributed by atoms with Gasteiger partial charge in [-0.05, 0) is 68.0 Å². The van der Waals surface area contributed by atoms with Crippen molar-refractivity contribution in [1.82, 2.24) is 4.57 Å². The zero-order chi connectivity index (χ0) is 30.8. The number of carbonyl (C=O) groups excluding carboxylic acids is 1. The zero-order valence-electron chi connectivity index (χ0n) is 24.6. The fourth-order valence-corrected chi connectivity index (χ4v) is 5.15. The van der Waals surface area contributed by atoms with Crippen molar-refractivity contribution in [2.24, 2.45) is 0 Å². The Kier molecular flexibility index (Phi) is 11.8. The van der Waals surface area contributed by atoms with Crippen molar-refractivity contribution in [3.05, 3.63) is 108 Å². The first-order valence-electron chi connectivity index (χ1n) is 14.2. The van der Waals surface area contributed by atoms with Crippen LogP contribution in [-0.2, 0) is 11.3 Å². The summed E-state index contributed by atoms with van der Waals surface area (Å²) in [4.78, 5) is 23.8. The maximum absolute atomic E-state index is 13.8. The van der Waals surface area contributed by atoms with Gasteiger partial charge in [0.15, 0.2) is 5.78 Å². The van der Waals surface area contributed by atoms with Crippen LogP contribution in [0.3, 0.4) is 0 Å². The number of benzene rings is 3. The van der Waals surface area contributed by atoms with E-state index in [1.165, 1.54) is 24.6 Å². The van der Waals surface area contributed by atoms with Crippen molar-refractivity contribution >= 4 is 11.8 Å².